The summed E-state index contributed by atoms with van der Waals surface area (Å²) >= 11 is 0. The number of fused-ring (bicyclic) bond motifs is 1. The molecule has 0 bridgehead atoms. The first-order valence-electron chi connectivity index (χ1n) is 14.0. The first-order chi connectivity index (χ1) is 21.7. The van der Waals surface area contributed by atoms with Crippen molar-refractivity contribution in [1.82, 2.24) is 30.4 Å². The summed E-state index contributed by atoms with van der Waals surface area (Å²) in [6.07, 6.45) is -0.989. The van der Waals surface area contributed by atoms with Crippen LogP contribution in [0.1, 0.15) is 11.1 Å². The van der Waals surface area contributed by atoms with E-state index in [1.54, 1.807) is 42.5 Å². The quantitative estimate of drug-likeness (QED) is 0.148. The maximum Gasteiger partial charge on any atom is 0.408 e. The van der Waals surface area contributed by atoms with Gasteiger partial charge in [-0.15, -0.1) is 0 Å². The lowest BCUT2D eigenvalue weighted by Gasteiger charge is -2.17. The number of nitrogens with one attached hydrogen (secondary N) is 4. The van der Waals surface area contributed by atoms with Crippen molar-refractivity contribution < 1.29 is 29.0 Å². The largest absolute Gasteiger partial charge is 0.480 e. The Morgan fingerprint density at radius 3 is 2.11 bits per heavy atom. The molecule has 1 heterocycles. The fourth-order valence-electron chi connectivity index (χ4n) is 4.37. The summed E-state index contributed by atoms with van der Waals surface area (Å²) in [6.45, 7) is -1.05. The number of hydrogen-bond donors (Lipinski definition) is 5. The molecule has 3 aromatic carbocycles. The highest BCUT2D eigenvalue weighted by molar-refractivity contribution is 5.83. The predicted octanol–water partition coefficient (Wildman–Crippen LogP) is 1.16. The maximum absolute atomic E-state index is 13.4. The van der Waals surface area contributed by atoms with Crippen LogP contribution in [0, 0.1) is 0 Å². The number of carboxylic acid groups (broad SMARTS) is 1. The molecule has 234 valence electrons. The zero-order valence-electron chi connectivity index (χ0n) is 24.1. The highest BCUT2D eigenvalue weighted by Crippen LogP contribution is 2.07. The van der Waals surface area contributed by atoms with Gasteiger partial charge in [-0.05, 0) is 23.3 Å². The Balaban J connectivity index is 1.38. The Morgan fingerprint density at radius 1 is 0.778 bits per heavy atom. The number of carboxylic acids is 1. The van der Waals surface area contributed by atoms with E-state index in [0.717, 1.165) is 14.7 Å². The van der Waals surface area contributed by atoms with E-state index in [-0.39, 0.29) is 37.1 Å². The Hall–Kier alpha value is -5.92. The number of hydrogen-bond acceptors (Lipinski definition) is 7. The first kappa shape index (κ1) is 32.0. The molecular formula is C31H32N6O8. The van der Waals surface area contributed by atoms with Gasteiger partial charge in [-0.3, -0.25) is 18.7 Å². The molecule has 1 atom stereocenters. The Kier molecular flexibility index (Phi) is 11.0. The number of carbonyl (C=O) groups excluding carboxylic acids is 3. The van der Waals surface area contributed by atoms with Crippen LogP contribution >= 0.6 is 0 Å². The SMILES string of the molecule is O=C(Cn1c(=O)n(CCNC(=O)NCc2ccccc2)c(=O)c2ccccc21)NC[C@H](NC(=O)OCc1ccccc1)C(=O)O. The van der Waals surface area contributed by atoms with E-state index in [1.165, 1.54) is 12.1 Å². The molecule has 0 saturated heterocycles. The fraction of sp³-hybridized carbons (Fsp3) is 0.226. The molecule has 4 rings (SSSR count). The van der Waals surface area contributed by atoms with Gasteiger partial charge < -0.3 is 31.1 Å². The number of nitrogens with zero attached hydrogens (tertiary/aromatic N) is 2. The number of rotatable bonds is 13. The molecule has 0 spiro atoms. The summed E-state index contributed by atoms with van der Waals surface area (Å²) in [5.41, 5.74) is 0.410. The number of aromatic nitrogens is 2. The molecule has 0 fully saturated rings. The number of alkyl carbamates (subject to hydrolysis) is 1. The van der Waals surface area contributed by atoms with Crippen LogP contribution in [0.3, 0.4) is 0 Å². The van der Waals surface area contributed by atoms with Crippen LogP contribution < -0.4 is 32.5 Å². The van der Waals surface area contributed by atoms with Gasteiger partial charge in [0, 0.05) is 26.2 Å². The molecule has 14 nitrogen and oxygen atoms in total. The predicted molar refractivity (Wildman–Crippen MR) is 163 cm³/mol. The molecule has 0 aliphatic carbocycles. The second kappa shape index (κ2) is 15.5. The maximum atomic E-state index is 13.4. The normalized spacial score (nSPS) is 11.3. The van der Waals surface area contributed by atoms with Crippen LogP contribution in [0.25, 0.3) is 10.9 Å². The molecule has 0 aliphatic rings. The van der Waals surface area contributed by atoms with E-state index < -0.39 is 54.4 Å². The number of amides is 4. The van der Waals surface area contributed by atoms with E-state index in [4.69, 9.17) is 4.74 Å². The zero-order valence-corrected chi connectivity index (χ0v) is 24.1. The Bertz CT molecular complexity index is 1770. The highest BCUT2D eigenvalue weighted by Gasteiger charge is 2.22. The highest BCUT2D eigenvalue weighted by atomic mass is 16.5. The van der Waals surface area contributed by atoms with E-state index in [1.807, 2.05) is 30.3 Å². The minimum atomic E-state index is -1.52. The lowest BCUT2D eigenvalue weighted by Crippen LogP contribution is -2.50. The third kappa shape index (κ3) is 9.03. The summed E-state index contributed by atoms with van der Waals surface area (Å²) in [4.78, 5) is 75.4. The van der Waals surface area contributed by atoms with Crippen molar-refractivity contribution in [2.24, 2.45) is 0 Å². The lowest BCUT2D eigenvalue weighted by molar-refractivity contribution is -0.139. The van der Waals surface area contributed by atoms with Gasteiger partial charge in [0.25, 0.3) is 5.56 Å². The van der Waals surface area contributed by atoms with Crippen LogP contribution in [0.5, 0.6) is 0 Å². The van der Waals surface area contributed by atoms with Gasteiger partial charge in [-0.2, -0.15) is 0 Å². The van der Waals surface area contributed by atoms with E-state index in [2.05, 4.69) is 21.3 Å². The first-order valence-corrected chi connectivity index (χ1v) is 14.0. The van der Waals surface area contributed by atoms with Gasteiger partial charge in [-0.25, -0.2) is 19.2 Å². The average Bonchev–Trinajstić information content (AvgIpc) is 3.05. The minimum Gasteiger partial charge on any atom is -0.480 e. The van der Waals surface area contributed by atoms with Crippen molar-refractivity contribution >= 4 is 34.9 Å². The molecule has 4 aromatic rings. The number of benzene rings is 3. The van der Waals surface area contributed by atoms with Gasteiger partial charge in [0.05, 0.1) is 10.9 Å². The Morgan fingerprint density at radius 2 is 1.42 bits per heavy atom. The van der Waals surface area contributed by atoms with E-state index >= 15 is 0 Å². The fourth-order valence-corrected chi connectivity index (χ4v) is 4.37. The second-order valence-corrected chi connectivity index (χ2v) is 9.84. The van der Waals surface area contributed by atoms with Crippen molar-refractivity contribution in [2.75, 3.05) is 13.1 Å². The minimum absolute atomic E-state index is 0.0490. The van der Waals surface area contributed by atoms with Crippen molar-refractivity contribution in [3.63, 3.8) is 0 Å². The molecule has 1 aromatic heterocycles. The van der Waals surface area contributed by atoms with Crippen molar-refractivity contribution in [3.8, 4) is 0 Å². The van der Waals surface area contributed by atoms with Crippen molar-refractivity contribution in [1.29, 1.82) is 0 Å². The average molecular weight is 617 g/mol. The summed E-state index contributed by atoms with van der Waals surface area (Å²) in [7, 11) is 0. The standard InChI is InChI=1S/C31H32N6O8/c38-26(33-18-24(28(40)41)35-30(43)45-20-22-11-5-2-6-12-22)19-37-25-14-8-7-13-23(25)27(39)36(31(37)44)16-15-32-29(42)34-17-21-9-3-1-4-10-21/h1-14,24H,15-20H2,(H,33,38)(H,35,43)(H,40,41)(H2,32,34,42)/t24-/m0/s1. The summed E-state index contributed by atoms with van der Waals surface area (Å²) in [5.74, 6) is -2.15. The number of carbonyl (C=O) groups is 4. The van der Waals surface area contributed by atoms with Crippen LogP contribution in [0.15, 0.2) is 94.5 Å². The number of ether oxygens (including phenoxy) is 1. The molecule has 14 heteroatoms. The monoisotopic (exact) mass is 616 g/mol. The van der Waals surface area contributed by atoms with E-state index in [0.29, 0.717) is 5.56 Å². The van der Waals surface area contributed by atoms with Gasteiger partial charge in [0.15, 0.2) is 0 Å². The van der Waals surface area contributed by atoms with E-state index in [9.17, 15) is 33.9 Å². The molecule has 0 saturated carbocycles. The summed E-state index contributed by atoms with van der Waals surface area (Å²) < 4.78 is 7.04. The molecule has 0 unspecified atom stereocenters. The third-order valence-electron chi connectivity index (χ3n) is 6.66. The number of aliphatic carboxylic acids is 1. The molecule has 0 radical (unpaired) electrons. The van der Waals surface area contributed by atoms with Gasteiger partial charge in [-0.1, -0.05) is 72.8 Å². The Labute approximate surface area is 256 Å². The topological polar surface area (TPSA) is 190 Å². The van der Waals surface area contributed by atoms with Crippen molar-refractivity contribution in [3.05, 3.63) is 117 Å². The van der Waals surface area contributed by atoms with Gasteiger partial charge in [0.1, 0.15) is 19.2 Å². The summed E-state index contributed by atoms with van der Waals surface area (Å²) in [5, 5.41) is 19.6. The number of urea groups is 1. The third-order valence-corrected chi connectivity index (χ3v) is 6.66. The second-order valence-electron chi connectivity index (χ2n) is 9.84. The lowest BCUT2D eigenvalue weighted by atomic mass is 10.2. The smallest absolute Gasteiger partial charge is 0.408 e. The molecule has 0 aliphatic heterocycles. The molecular weight excluding hydrogens is 584 g/mol. The van der Waals surface area contributed by atoms with Gasteiger partial charge in [0.2, 0.25) is 5.91 Å². The zero-order chi connectivity index (χ0) is 32.2. The molecule has 5 N–H and O–H groups in total. The number of para-hydroxylation sites is 1. The van der Waals surface area contributed by atoms with Crippen LogP contribution in [-0.4, -0.2) is 57.4 Å². The summed E-state index contributed by atoms with van der Waals surface area (Å²) in [6, 6.07) is 22.3. The molecule has 4 amide bonds. The van der Waals surface area contributed by atoms with Crippen LogP contribution in [0.4, 0.5) is 9.59 Å². The van der Waals surface area contributed by atoms with Crippen molar-refractivity contribution in [2.45, 2.75) is 32.3 Å². The van der Waals surface area contributed by atoms with Crippen LogP contribution in [-0.2, 0) is 40.6 Å². The van der Waals surface area contributed by atoms with Crippen LogP contribution in [0.2, 0.25) is 0 Å². The molecule has 45 heavy (non-hydrogen) atoms. The van der Waals surface area contributed by atoms with Gasteiger partial charge >= 0.3 is 23.8 Å².